The molecule has 1 atom stereocenters. The Morgan fingerprint density at radius 1 is 1.16 bits per heavy atom. The molecular formula is C28H27FN6O2. The molecule has 188 valence electrons. The molecule has 0 radical (unpaired) electrons. The van der Waals surface area contributed by atoms with E-state index in [0.717, 1.165) is 40.9 Å². The van der Waals surface area contributed by atoms with Crippen LogP contribution < -0.4 is 5.73 Å². The molecule has 1 aliphatic rings. The lowest BCUT2D eigenvalue weighted by Gasteiger charge is -2.33. The van der Waals surface area contributed by atoms with Gasteiger partial charge in [-0.1, -0.05) is 35.5 Å². The lowest BCUT2D eigenvalue weighted by molar-refractivity contribution is 0.0552. The summed E-state index contributed by atoms with van der Waals surface area (Å²) in [5, 5.41) is 8.97. The van der Waals surface area contributed by atoms with Crippen LogP contribution >= 0.6 is 0 Å². The number of nitrogens with two attached hydrogens (primary N) is 1. The highest BCUT2D eigenvalue weighted by atomic mass is 19.1. The number of hydrogen-bond donors (Lipinski definition) is 1. The van der Waals surface area contributed by atoms with Crippen molar-refractivity contribution in [3.63, 3.8) is 0 Å². The lowest BCUT2D eigenvalue weighted by Crippen LogP contribution is -2.27. The second-order valence-corrected chi connectivity index (χ2v) is 9.60. The quantitative estimate of drug-likeness (QED) is 0.383. The molecule has 0 bridgehead atoms. The third-order valence-electron chi connectivity index (χ3n) is 7.41. The summed E-state index contributed by atoms with van der Waals surface area (Å²) in [6.07, 6.45) is 3.43. The van der Waals surface area contributed by atoms with Gasteiger partial charge in [-0.2, -0.15) is 0 Å². The number of benzene rings is 2. The third-order valence-corrected chi connectivity index (χ3v) is 7.41. The van der Waals surface area contributed by atoms with Gasteiger partial charge < -0.3 is 15.0 Å². The van der Waals surface area contributed by atoms with E-state index in [1.165, 1.54) is 6.07 Å². The number of rotatable bonds is 5. The zero-order valence-electron chi connectivity index (χ0n) is 20.7. The fraction of sp³-hybridized carbons (Fsp3) is 0.286. The standard InChI is InChI=1S/C28H27FN6O2/c1-16-25(34(2)33-32-16)19-14-22-24(31-15-19)21-9-8-20(28(30)36)23(29)27(21)35(22)26(17-6-4-3-5-7-17)18-10-12-37-13-11-18/h3-9,14-15,18,26H,10-13H2,1-2H3,(H2,30,36)/t26-/m1/s1. The Hall–Kier alpha value is -4.11. The molecule has 0 unspecified atom stereocenters. The number of nitrogens with zero attached hydrogens (tertiary/aromatic N) is 5. The van der Waals surface area contributed by atoms with Crippen LogP contribution in [-0.2, 0) is 11.8 Å². The first-order valence-corrected chi connectivity index (χ1v) is 12.4. The summed E-state index contributed by atoms with van der Waals surface area (Å²) in [5.74, 6) is -1.24. The van der Waals surface area contributed by atoms with Crippen LogP contribution in [0.5, 0.6) is 0 Å². The minimum absolute atomic E-state index is 0.137. The molecule has 1 amide bonds. The number of hydrogen-bond acceptors (Lipinski definition) is 5. The summed E-state index contributed by atoms with van der Waals surface area (Å²) in [5.41, 5.74) is 10.7. The van der Waals surface area contributed by atoms with E-state index in [1.54, 1.807) is 16.9 Å². The summed E-state index contributed by atoms with van der Waals surface area (Å²) in [4.78, 5) is 16.9. The van der Waals surface area contributed by atoms with Crippen LogP contribution in [-0.4, -0.2) is 43.7 Å². The Morgan fingerprint density at radius 2 is 1.92 bits per heavy atom. The smallest absolute Gasteiger partial charge is 0.251 e. The van der Waals surface area contributed by atoms with Crippen LogP contribution in [0.1, 0.15) is 40.5 Å². The average molecular weight is 499 g/mol. The van der Waals surface area contributed by atoms with Crippen molar-refractivity contribution in [1.29, 1.82) is 0 Å². The highest BCUT2D eigenvalue weighted by molar-refractivity contribution is 6.09. The van der Waals surface area contributed by atoms with Gasteiger partial charge in [-0.15, -0.1) is 5.10 Å². The van der Waals surface area contributed by atoms with Gasteiger partial charge >= 0.3 is 0 Å². The summed E-state index contributed by atoms with van der Waals surface area (Å²) in [7, 11) is 1.84. The van der Waals surface area contributed by atoms with Gasteiger partial charge in [0.2, 0.25) is 0 Å². The van der Waals surface area contributed by atoms with E-state index in [-0.39, 0.29) is 17.5 Å². The fourth-order valence-electron chi connectivity index (χ4n) is 5.73. The first-order chi connectivity index (χ1) is 18.0. The number of fused-ring (bicyclic) bond motifs is 3. The van der Waals surface area contributed by atoms with Gasteiger partial charge in [0.15, 0.2) is 5.82 Å². The SMILES string of the molecule is Cc1nnn(C)c1-c1cnc2c3ccc(C(N)=O)c(F)c3n([C@H](c3ccccc3)C3CCOCC3)c2c1. The van der Waals surface area contributed by atoms with Crippen molar-refractivity contribution in [2.24, 2.45) is 18.7 Å². The van der Waals surface area contributed by atoms with Crippen LogP contribution in [0.4, 0.5) is 4.39 Å². The Labute approximate surface area is 212 Å². The van der Waals surface area contributed by atoms with E-state index in [4.69, 9.17) is 15.5 Å². The molecule has 3 aromatic heterocycles. The summed E-state index contributed by atoms with van der Waals surface area (Å²) >= 11 is 0. The number of aromatic nitrogens is 5. The lowest BCUT2D eigenvalue weighted by atomic mass is 9.86. The monoisotopic (exact) mass is 498 g/mol. The molecule has 1 saturated heterocycles. The molecule has 1 fully saturated rings. The molecule has 0 spiro atoms. The van der Waals surface area contributed by atoms with Gasteiger partial charge in [0.25, 0.3) is 5.91 Å². The fourth-order valence-corrected chi connectivity index (χ4v) is 5.73. The van der Waals surface area contributed by atoms with E-state index in [9.17, 15) is 4.79 Å². The molecule has 8 nitrogen and oxygen atoms in total. The molecular weight excluding hydrogens is 471 g/mol. The topological polar surface area (TPSA) is 101 Å². The van der Waals surface area contributed by atoms with Crippen LogP contribution in [0.25, 0.3) is 33.2 Å². The van der Waals surface area contributed by atoms with E-state index in [0.29, 0.717) is 29.6 Å². The third kappa shape index (κ3) is 3.77. The molecule has 9 heteroatoms. The maximum atomic E-state index is 16.2. The van der Waals surface area contributed by atoms with Gasteiger partial charge in [0, 0.05) is 37.4 Å². The molecule has 0 aliphatic carbocycles. The number of carbonyl (C=O) groups is 1. The van der Waals surface area contributed by atoms with Crippen molar-refractivity contribution < 1.29 is 13.9 Å². The van der Waals surface area contributed by atoms with Crippen molar-refractivity contribution in [3.05, 3.63) is 77.4 Å². The zero-order chi connectivity index (χ0) is 25.7. The van der Waals surface area contributed by atoms with Crippen molar-refractivity contribution >= 4 is 27.8 Å². The molecule has 0 saturated carbocycles. The number of aryl methyl sites for hydroxylation is 2. The first-order valence-electron chi connectivity index (χ1n) is 12.4. The largest absolute Gasteiger partial charge is 0.381 e. The number of halogens is 1. The predicted molar refractivity (Wildman–Crippen MR) is 139 cm³/mol. The number of ether oxygens (including phenoxy) is 1. The summed E-state index contributed by atoms with van der Waals surface area (Å²) in [6, 6.07) is 15.1. The first kappa shape index (κ1) is 23.3. The summed E-state index contributed by atoms with van der Waals surface area (Å²) in [6.45, 7) is 3.18. The Morgan fingerprint density at radius 3 is 2.59 bits per heavy atom. The molecule has 4 heterocycles. The average Bonchev–Trinajstić information content (AvgIpc) is 3.42. The Kier molecular flexibility index (Phi) is 5.72. The molecule has 6 rings (SSSR count). The number of primary amides is 1. The van der Waals surface area contributed by atoms with Crippen LogP contribution in [0, 0.1) is 18.7 Å². The van der Waals surface area contributed by atoms with Crippen LogP contribution in [0.15, 0.2) is 54.7 Å². The van der Waals surface area contributed by atoms with Crippen LogP contribution in [0.3, 0.4) is 0 Å². The van der Waals surface area contributed by atoms with Crippen molar-refractivity contribution in [2.45, 2.75) is 25.8 Å². The Bertz CT molecular complexity index is 1620. The maximum absolute atomic E-state index is 16.2. The van der Waals surface area contributed by atoms with E-state index >= 15 is 4.39 Å². The maximum Gasteiger partial charge on any atom is 0.251 e. The second kappa shape index (κ2) is 9.08. The predicted octanol–water partition coefficient (Wildman–Crippen LogP) is 4.55. The van der Waals surface area contributed by atoms with Crippen LogP contribution in [0.2, 0.25) is 0 Å². The molecule has 2 N–H and O–H groups in total. The number of amides is 1. The van der Waals surface area contributed by atoms with E-state index in [2.05, 4.69) is 22.4 Å². The molecule has 2 aromatic carbocycles. The number of pyridine rings is 1. The van der Waals surface area contributed by atoms with Crippen molar-refractivity contribution in [1.82, 2.24) is 24.5 Å². The number of carbonyl (C=O) groups excluding carboxylic acids is 1. The Balaban J connectivity index is 1.73. The molecule has 5 aromatic rings. The highest BCUT2D eigenvalue weighted by Crippen LogP contribution is 2.42. The molecule has 1 aliphatic heterocycles. The van der Waals surface area contributed by atoms with Crippen molar-refractivity contribution in [2.75, 3.05) is 13.2 Å². The minimum Gasteiger partial charge on any atom is -0.381 e. The van der Waals surface area contributed by atoms with E-state index in [1.807, 2.05) is 42.8 Å². The molecule has 37 heavy (non-hydrogen) atoms. The highest BCUT2D eigenvalue weighted by Gasteiger charge is 2.32. The van der Waals surface area contributed by atoms with Gasteiger partial charge in [-0.3, -0.25) is 9.78 Å². The van der Waals surface area contributed by atoms with Crippen molar-refractivity contribution in [3.8, 4) is 11.3 Å². The zero-order valence-corrected chi connectivity index (χ0v) is 20.7. The minimum atomic E-state index is -0.802. The van der Waals surface area contributed by atoms with Gasteiger partial charge in [0.05, 0.1) is 39.5 Å². The van der Waals surface area contributed by atoms with Gasteiger partial charge in [-0.05, 0) is 49.4 Å². The summed E-state index contributed by atoms with van der Waals surface area (Å²) < 4.78 is 25.6. The second-order valence-electron chi connectivity index (χ2n) is 9.60. The van der Waals surface area contributed by atoms with Gasteiger partial charge in [0.1, 0.15) is 0 Å². The van der Waals surface area contributed by atoms with Gasteiger partial charge in [-0.25, -0.2) is 9.07 Å². The normalized spacial score (nSPS) is 15.4. The van der Waals surface area contributed by atoms with E-state index < -0.39 is 11.7 Å².